The lowest BCUT2D eigenvalue weighted by molar-refractivity contribution is -0.137. The Morgan fingerprint density at radius 2 is 1.74 bits per heavy atom. The second kappa shape index (κ2) is 5.24. The summed E-state index contributed by atoms with van der Waals surface area (Å²) >= 11 is 2.11. The largest absolute Gasteiger partial charge is 0.439 e. The minimum atomic E-state index is -4.48. The number of alkyl halides is 3. The van der Waals surface area contributed by atoms with Crippen LogP contribution in [-0.4, -0.2) is 4.98 Å². The minimum absolute atomic E-state index is 0.187. The van der Waals surface area contributed by atoms with Crippen molar-refractivity contribution in [2.45, 2.75) is 6.18 Å². The molecule has 0 atom stereocenters. The summed E-state index contributed by atoms with van der Waals surface area (Å²) in [5.74, 6) is -0.0319. The van der Waals surface area contributed by atoms with Crippen molar-refractivity contribution in [3.05, 3.63) is 45.5 Å². The lowest BCUT2D eigenvalue weighted by Crippen LogP contribution is -2.07. The maximum Gasteiger partial charge on any atom is 0.416 e. The standard InChI is InChI=1S/C12H8F3IN2O/c13-12(14,15)7-5-10(17)18-11(6-7)19-9-3-1-8(16)2-4-9/h1-6H,(H2,17,18). The van der Waals surface area contributed by atoms with E-state index in [0.717, 1.165) is 15.7 Å². The molecule has 2 rings (SSSR count). The van der Waals surface area contributed by atoms with Gasteiger partial charge in [0, 0.05) is 9.64 Å². The molecule has 0 saturated carbocycles. The topological polar surface area (TPSA) is 48.1 Å². The highest BCUT2D eigenvalue weighted by Crippen LogP contribution is 2.33. The zero-order valence-corrected chi connectivity index (χ0v) is 11.6. The number of aromatic nitrogens is 1. The summed E-state index contributed by atoms with van der Waals surface area (Å²) in [5.41, 5.74) is 4.45. The molecule has 0 aliphatic carbocycles. The van der Waals surface area contributed by atoms with Crippen LogP contribution in [0.3, 0.4) is 0 Å². The second-order valence-electron chi connectivity index (χ2n) is 3.67. The smallest absolute Gasteiger partial charge is 0.416 e. The molecule has 100 valence electrons. The van der Waals surface area contributed by atoms with E-state index in [4.69, 9.17) is 10.5 Å². The summed E-state index contributed by atoms with van der Waals surface area (Å²) in [6, 6.07) is 8.40. The van der Waals surface area contributed by atoms with E-state index in [1.54, 1.807) is 24.3 Å². The van der Waals surface area contributed by atoms with Gasteiger partial charge in [-0.25, -0.2) is 0 Å². The van der Waals surface area contributed by atoms with Crippen molar-refractivity contribution in [1.29, 1.82) is 0 Å². The molecule has 0 spiro atoms. The van der Waals surface area contributed by atoms with Gasteiger partial charge in [-0.1, -0.05) is 0 Å². The first kappa shape index (κ1) is 13.9. The summed E-state index contributed by atoms with van der Waals surface area (Å²) in [6.07, 6.45) is -4.48. The lowest BCUT2D eigenvalue weighted by atomic mass is 10.2. The maximum absolute atomic E-state index is 12.6. The number of pyridine rings is 1. The van der Waals surface area contributed by atoms with Crippen LogP contribution in [0.5, 0.6) is 11.6 Å². The first-order chi connectivity index (χ1) is 8.84. The van der Waals surface area contributed by atoms with E-state index in [0.29, 0.717) is 5.75 Å². The summed E-state index contributed by atoms with van der Waals surface area (Å²) in [4.78, 5) is 3.72. The van der Waals surface area contributed by atoms with E-state index < -0.39 is 11.7 Å². The lowest BCUT2D eigenvalue weighted by Gasteiger charge is -2.10. The Balaban J connectivity index is 2.30. The van der Waals surface area contributed by atoms with Crippen LogP contribution in [-0.2, 0) is 6.18 Å². The van der Waals surface area contributed by atoms with E-state index in [9.17, 15) is 13.2 Å². The third-order valence-corrected chi connectivity index (χ3v) is 2.90. The highest BCUT2D eigenvalue weighted by atomic mass is 127. The fourth-order valence-corrected chi connectivity index (χ4v) is 1.72. The number of anilines is 1. The first-order valence-electron chi connectivity index (χ1n) is 5.13. The molecule has 0 fully saturated rings. The Morgan fingerprint density at radius 1 is 1.11 bits per heavy atom. The number of halogens is 4. The predicted molar refractivity (Wildman–Crippen MR) is 72.9 cm³/mol. The van der Waals surface area contributed by atoms with E-state index in [1.807, 2.05) is 0 Å². The average Bonchev–Trinajstić information content (AvgIpc) is 2.30. The Bertz CT molecular complexity index is 585. The Morgan fingerprint density at radius 3 is 2.32 bits per heavy atom. The molecule has 0 bridgehead atoms. The van der Waals surface area contributed by atoms with Crippen LogP contribution in [0.15, 0.2) is 36.4 Å². The van der Waals surface area contributed by atoms with Crippen LogP contribution < -0.4 is 10.5 Å². The number of ether oxygens (including phenoxy) is 1. The third kappa shape index (κ3) is 3.72. The number of benzene rings is 1. The van der Waals surface area contributed by atoms with Gasteiger partial charge >= 0.3 is 6.18 Å². The summed E-state index contributed by atoms with van der Waals surface area (Å²) < 4.78 is 44.0. The number of nitrogen functional groups attached to an aromatic ring is 1. The molecule has 0 aliphatic rings. The quantitative estimate of drug-likeness (QED) is 0.799. The molecule has 1 aromatic heterocycles. The molecule has 0 saturated heterocycles. The second-order valence-corrected chi connectivity index (χ2v) is 4.92. The van der Waals surface area contributed by atoms with Gasteiger partial charge in [-0.2, -0.15) is 18.2 Å². The summed E-state index contributed by atoms with van der Waals surface area (Å²) in [7, 11) is 0. The van der Waals surface area contributed by atoms with E-state index >= 15 is 0 Å². The molecule has 1 aromatic carbocycles. The number of hydrogen-bond acceptors (Lipinski definition) is 3. The van der Waals surface area contributed by atoms with Crippen LogP contribution >= 0.6 is 22.6 Å². The van der Waals surface area contributed by atoms with Crippen LogP contribution in [0.1, 0.15) is 5.56 Å². The maximum atomic E-state index is 12.6. The van der Waals surface area contributed by atoms with Crippen molar-refractivity contribution in [2.24, 2.45) is 0 Å². The van der Waals surface area contributed by atoms with Crippen LogP contribution in [0.25, 0.3) is 0 Å². The number of nitrogens with two attached hydrogens (primary N) is 1. The number of nitrogens with zero attached hydrogens (tertiary/aromatic N) is 1. The monoisotopic (exact) mass is 380 g/mol. The minimum Gasteiger partial charge on any atom is -0.439 e. The molecule has 0 aliphatic heterocycles. The average molecular weight is 380 g/mol. The van der Waals surface area contributed by atoms with Crippen molar-refractivity contribution in [2.75, 3.05) is 5.73 Å². The molecular weight excluding hydrogens is 372 g/mol. The highest BCUT2D eigenvalue weighted by molar-refractivity contribution is 14.1. The molecule has 7 heteroatoms. The fraction of sp³-hybridized carbons (Fsp3) is 0.0833. The molecule has 2 N–H and O–H groups in total. The van der Waals surface area contributed by atoms with Crippen molar-refractivity contribution in [3.8, 4) is 11.6 Å². The number of hydrogen-bond donors (Lipinski definition) is 1. The first-order valence-corrected chi connectivity index (χ1v) is 6.20. The molecule has 0 radical (unpaired) electrons. The van der Waals surface area contributed by atoms with Gasteiger partial charge in [0.1, 0.15) is 11.6 Å². The van der Waals surface area contributed by atoms with E-state index in [-0.39, 0.29) is 11.7 Å². The van der Waals surface area contributed by atoms with Crippen molar-refractivity contribution in [3.63, 3.8) is 0 Å². The van der Waals surface area contributed by atoms with Gasteiger partial charge in [0.2, 0.25) is 5.88 Å². The van der Waals surface area contributed by atoms with Gasteiger partial charge in [0.15, 0.2) is 0 Å². The summed E-state index contributed by atoms with van der Waals surface area (Å²) in [6.45, 7) is 0. The normalized spacial score (nSPS) is 11.4. The molecule has 1 heterocycles. The van der Waals surface area contributed by atoms with Crippen LogP contribution in [0, 0.1) is 3.57 Å². The third-order valence-electron chi connectivity index (χ3n) is 2.19. The zero-order chi connectivity index (χ0) is 14.0. The van der Waals surface area contributed by atoms with Crippen molar-refractivity contribution in [1.82, 2.24) is 4.98 Å². The Hall–Kier alpha value is -1.51. The van der Waals surface area contributed by atoms with Gasteiger partial charge in [0.05, 0.1) is 5.56 Å². The van der Waals surface area contributed by atoms with E-state index in [2.05, 4.69) is 27.6 Å². The number of rotatable bonds is 2. The van der Waals surface area contributed by atoms with E-state index in [1.165, 1.54) is 0 Å². The Labute approximate surface area is 120 Å². The fourth-order valence-electron chi connectivity index (χ4n) is 1.37. The van der Waals surface area contributed by atoms with Gasteiger partial charge in [0.25, 0.3) is 0 Å². The molecule has 19 heavy (non-hydrogen) atoms. The van der Waals surface area contributed by atoms with Crippen LogP contribution in [0.2, 0.25) is 0 Å². The van der Waals surface area contributed by atoms with Gasteiger partial charge in [-0.15, -0.1) is 0 Å². The van der Waals surface area contributed by atoms with Gasteiger partial charge < -0.3 is 10.5 Å². The van der Waals surface area contributed by atoms with Gasteiger partial charge in [-0.3, -0.25) is 0 Å². The van der Waals surface area contributed by atoms with Crippen molar-refractivity contribution >= 4 is 28.4 Å². The van der Waals surface area contributed by atoms with Crippen molar-refractivity contribution < 1.29 is 17.9 Å². The highest BCUT2D eigenvalue weighted by Gasteiger charge is 2.31. The Kier molecular flexibility index (Phi) is 3.83. The zero-order valence-electron chi connectivity index (χ0n) is 9.41. The summed E-state index contributed by atoms with van der Waals surface area (Å²) in [5, 5.41) is 0. The SMILES string of the molecule is Nc1cc(C(F)(F)F)cc(Oc2ccc(I)cc2)n1. The van der Waals surface area contributed by atoms with Crippen LogP contribution in [0.4, 0.5) is 19.0 Å². The molecule has 0 amide bonds. The molecule has 3 nitrogen and oxygen atoms in total. The predicted octanol–water partition coefficient (Wildman–Crippen LogP) is 4.08. The molecule has 0 unspecified atom stereocenters. The molecule has 2 aromatic rings. The van der Waals surface area contributed by atoms with Gasteiger partial charge in [-0.05, 0) is 52.9 Å². The molecular formula is C12H8F3IN2O.